The topological polar surface area (TPSA) is 48.1 Å². The van der Waals surface area contributed by atoms with E-state index in [2.05, 4.69) is 20.9 Å². The summed E-state index contributed by atoms with van der Waals surface area (Å²) in [6, 6.07) is 15.3. The standard InChI is InChI=1S/C16H13BrN2O/c1-10-8-16(20-15-5-3-2-4-13(15)17)12-9-11(18)6-7-14(12)19-10/h2-9H,18H2,1H3. The molecule has 100 valence electrons. The lowest BCUT2D eigenvalue weighted by Crippen LogP contribution is -1.93. The number of fused-ring (bicyclic) bond motifs is 1. The largest absolute Gasteiger partial charge is 0.455 e. The van der Waals surface area contributed by atoms with Crippen LogP contribution in [0.5, 0.6) is 11.5 Å². The second kappa shape index (κ2) is 5.13. The Morgan fingerprint density at radius 1 is 1.05 bits per heavy atom. The van der Waals surface area contributed by atoms with Crippen LogP contribution in [0.1, 0.15) is 5.69 Å². The summed E-state index contributed by atoms with van der Waals surface area (Å²) in [5, 5.41) is 0.909. The van der Waals surface area contributed by atoms with Gasteiger partial charge in [0.2, 0.25) is 0 Å². The molecular formula is C16H13BrN2O. The predicted molar refractivity (Wildman–Crippen MR) is 85.1 cm³/mol. The molecule has 0 amide bonds. The summed E-state index contributed by atoms with van der Waals surface area (Å²) in [6.45, 7) is 1.95. The van der Waals surface area contributed by atoms with Gasteiger partial charge in [0.05, 0.1) is 9.99 Å². The lowest BCUT2D eigenvalue weighted by atomic mass is 10.1. The number of para-hydroxylation sites is 1. The summed E-state index contributed by atoms with van der Waals surface area (Å²) in [6.07, 6.45) is 0. The molecule has 0 radical (unpaired) electrons. The van der Waals surface area contributed by atoms with Gasteiger partial charge in [0.25, 0.3) is 0 Å². The van der Waals surface area contributed by atoms with Crippen LogP contribution in [0.3, 0.4) is 0 Å². The van der Waals surface area contributed by atoms with Crippen molar-refractivity contribution < 1.29 is 4.74 Å². The van der Waals surface area contributed by atoms with Gasteiger partial charge in [-0.3, -0.25) is 4.98 Å². The molecule has 0 spiro atoms. The molecule has 0 saturated carbocycles. The van der Waals surface area contributed by atoms with E-state index in [4.69, 9.17) is 10.5 Å². The van der Waals surface area contributed by atoms with E-state index in [1.54, 1.807) is 0 Å². The Hall–Kier alpha value is -2.07. The van der Waals surface area contributed by atoms with Crippen LogP contribution in [0.4, 0.5) is 5.69 Å². The van der Waals surface area contributed by atoms with E-state index >= 15 is 0 Å². The van der Waals surface area contributed by atoms with Crippen molar-refractivity contribution in [2.24, 2.45) is 0 Å². The number of hydrogen-bond donors (Lipinski definition) is 1. The van der Waals surface area contributed by atoms with Crippen LogP contribution < -0.4 is 10.5 Å². The third kappa shape index (κ3) is 2.47. The maximum Gasteiger partial charge on any atom is 0.141 e. The molecule has 2 N–H and O–H groups in total. The molecule has 0 bridgehead atoms. The number of nitrogens with zero attached hydrogens (tertiary/aromatic N) is 1. The SMILES string of the molecule is Cc1cc(Oc2ccccc2Br)c2cc(N)ccc2n1. The smallest absolute Gasteiger partial charge is 0.141 e. The third-order valence-electron chi connectivity index (χ3n) is 2.98. The third-order valence-corrected chi connectivity index (χ3v) is 3.63. The van der Waals surface area contributed by atoms with Gasteiger partial charge in [0.1, 0.15) is 11.5 Å². The number of hydrogen-bond acceptors (Lipinski definition) is 3. The van der Waals surface area contributed by atoms with Gasteiger partial charge in [-0.25, -0.2) is 0 Å². The lowest BCUT2D eigenvalue weighted by molar-refractivity contribution is 0.484. The molecule has 1 heterocycles. The molecule has 2 aromatic carbocycles. The van der Waals surface area contributed by atoms with Crippen molar-refractivity contribution in [2.75, 3.05) is 5.73 Å². The molecule has 0 aliphatic carbocycles. The van der Waals surface area contributed by atoms with E-state index in [0.717, 1.165) is 32.6 Å². The van der Waals surface area contributed by atoms with E-state index in [1.807, 2.05) is 55.5 Å². The van der Waals surface area contributed by atoms with Crippen molar-refractivity contribution in [2.45, 2.75) is 6.92 Å². The monoisotopic (exact) mass is 328 g/mol. The predicted octanol–water partition coefficient (Wildman–Crippen LogP) is 4.68. The maximum absolute atomic E-state index is 6.02. The number of benzene rings is 2. The van der Waals surface area contributed by atoms with Crippen LogP contribution in [-0.4, -0.2) is 4.98 Å². The molecule has 0 aliphatic rings. The molecule has 0 fully saturated rings. The Morgan fingerprint density at radius 2 is 1.85 bits per heavy atom. The minimum Gasteiger partial charge on any atom is -0.455 e. The fourth-order valence-electron chi connectivity index (χ4n) is 2.07. The zero-order valence-electron chi connectivity index (χ0n) is 10.9. The Labute approximate surface area is 125 Å². The molecule has 3 aromatic rings. The number of ether oxygens (including phenoxy) is 1. The fourth-order valence-corrected chi connectivity index (χ4v) is 2.43. The summed E-state index contributed by atoms with van der Waals surface area (Å²) in [5.74, 6) is 1.52. The summed E-state index contributed by atoms with van der Waals surface area (Å²) in [7, 11) is 0. The number of aryl methyl sites for hydroxylation is 1. The first-order chi connectivity index (χ1) is 9.63. The number of rotatable bonds is 2. The normalized spacial score (nSPS) is 10.7. The zero-order valence-corrected chi connectivity index (χ0v) is 12.5. The molecule has 1 aromatic heterocycles. The van der Waals surface area contributed by atoms with Crippen LogP contribution in [0.15, 0.2) is 53.0 Å². The average Bonchev–Trinajstić information content (AvgIpc) is 2.42. The Bertz CT molecular complexity index is 787. The first-order valence-corrected chi connectivity index (χ1v) is 7.02. The highest BCUT2D eigenvalue weighted by atomic mass is 79.9. The summed E-state index contributed by atoms with van der Waals surface area (Å²) >= 11 is 3.49. The van der Waals surface area contributed by atoms with Gasteiger partial charge in [0, 0.05) is 22.8 Å². The summed E-state index contributed by atoms with van der Waals surface area (Å²) in [5.41, 5.74) is 8.34. The van der Waals surface area contributed by atoms with Crippen molar-refractivity contribution in [1.82, 2.24) is 4.98 Å². The van der Waals surface area contributed by atoms with Crippen molar-refractivity contribution in [1.29, 1.82) is 0 Å². The highest BCUT2D eigenvalue weighted by Crippen LogP contribution is 2.34. The van der Waals surface area contributed by atoms with Crippen molar-refractivity contribution in [3.8, 4) is 11.5 Å². The Morgan fingerprint density at radius 3 is 2.65 bits per heavy atom. The summed E-state index contributed by atoms with van der Waals surface area (Å²) < 4.78 is 6.92. The highest BCUT2D eigenvalue weighted by Gasteiger charge is 2.08. The molecule has 3 rings (SSSR count). The minimum absolute atomic E-state index is 0.695. The number of pyridine rings is 1. The van der Waals surface area contributed by atoms with Crippen molar-refractivity contribution in [3.63, 3.8) is 0 Å². The number of nitrogen functional groups attached to an aromatic ring is 1. The van der Waals surface area contributed by atoms with Gasteiger partial charge < -0.3 is 10.5 Å². The molecule has 0 unspecified atom stereocenters. The molecule has 20 heavy (non-hydrogen) atoms. The van der Waals surface area contributed by atoms with E-state index in [9.17, 15) is 0 Å². The number of halogens is 1. The van der Waals surface area contributed by atoms with Crippen molar-refractivity contribution in [3.05, 3.63) is 58.7 Å². The number of anilines is 1. The first kappa shape index (κ1) is 12.9. The highest BCUT2D eigenvalue weighted by molar-refractivity contribution is 9.10. The van der Waals surface area contributed by atoms with Gasteiger partial charge in [-0.05, 0) is 53.2 Å². The van der Waals surface area contributed by atoms with Gasteiger partial charge in [0.15, 0.2) is 0 Å². The minimum atomic E-state index is 0.695. The van der Waals surface area contributed by atoms with Crippen LogP contribution in [0, 0.1) is 6.92 Å². The molecule has 0 saturated heterocycles. The zero-order chi connectivity index (χ0) is 14.1. The molecule has 0 aliphatic heterocycles. The molecule has 4 heteroatoms. The number of aromatic nitrogens is 1. The Kier molecular flexibility index (Phi) is 3.32. The van der Waals surface area contributed by atoms with E-state index < -0.39 is 0 Å². The lowest BCUT2D eigenvalue weighted by Gasteiger charge is -2.11. The second-order valence-corrected chi connectivity index (χ2v) is 5.43. The second-order valence-electron chi connectivity index (χ2n) is 4.57. The maximum atomic E-state index is 6.02. The van der Waals surface area contributed by atoms with E-state index in [-0.39, 0.29) is 0 Å². The van der Waals surface area contributed by atoms with Crippen LogP contribution in [-0.2, 0) is 0 Å². The van der Waals surface area contributed by atoms with Gasteiger partial charge in [-0.2, -0.15) is 0 Å². The fraction of sp³-hybridized carbons (Fsp3) is 0.0625. The Balaban J connectivity index is 2.15. The number of nitrogens with two attached hydrogens (primary N) is 1. The quantitative estimate of drug-likeness (QED) is 0.695. The van der Waals surface area contributed by atoms with Gasteiger partial charge >= 0.3 is 0 Å². The molecular weight excluding hydrogens is 316 g/mol. The van der Waals surface area contributed by atoms with Crippen LogP contribution in [0.2, 0.25) is 0 Å². The van der Waals surface area contributed by atoms with Crippen LogP contribution >= 0.6 is 15.9 Å². The molecule has 3 nitrogen and oxygen atoms in total. The van der Waals surface area contributed by atoms with E-state index in [0.29, 0.717) is 5.69 Å². The van der Waals surface area contributed by atoms with Crippen LogP contribution in [0.25, 0.3) is 10.9 Å². The first-order valence-electron chi connectivity index (χ1n) is 6.23. The summed E-state index contributed by atoms with van der Waals surface area (Å²) in [4.78, 5) is 4.49. The van der Waals surface area contributed by atoms with Crippen molar-refractivity contribution >= 4 is 32.5 Å². The van der Waals surface area contributed by atoms with E-state index in [1.165, 1.54) is 0 Å². The van der Waals surface area contributed by atoms with Gasteiger partial charge in [-0.15, -0.1) is 0 Å². The molecule has 0 atom stereocenters. The van der Waals surface area contributed by atoms with Gasteiger partial charge in [-0.1, -0.05) is 12.1 Å². The average molecular weight is 329 g/mol.